The Bertz CT molecular complexity index is 409. The Balaban J connectivity index is 2.46. The van der Waals surface area contributed by atoms with E-state index < -0.39 is 0 Å². The summed E-state index contributed by atoms with van der Waals surface area (Å²) in [6, 6.07) is 6.63. The highest BCUT2D eigenvalue weighted by Gasteiger charge is 2.04. The fourth-order valence-electron chi connectivity index (χ4n) is 1.97. The maximum atomic E-state index is 13.2. The van der Waals surface area contributed by atoms with Gasteiger partial charge in [-0.1, -0.05) is 32.6 Å². The van der Waals surface area contributed by atoms with E-state index in [1.54, 1.807) is 6.07 Å². The molecule has 0 saturated heterocycles. The number of hydrogen-bond acceptors (Lipinski definition) is 2. The first-order chi connectivity index (χ1) is 8.65. The summed E-state index contributed by atoms with van der Waals surface area (Å²) >= 11 is 0. The van der Waals surface area contributed by atoms with Crippen LogP contribution in [0.4, 0.5) is 10.1 Å². The van der Waals surface area contributed by atoms with E-state index in [9.17, 15) is 4.39 Å². The molecule has 1 unspecified atom stereocenters. The van der Waals surface area contributed by atoms with Crippen molar-refractivity contribution in [2.45, 2.75) is 52.0 Å². The van der Waals surface area contributed by atoms with Crippen LogP contribution in [0.25, 0.3) is 0 Å². The second-order valence-electron chi connectivity index (χ2n) is 4.74. The Morgan fingerprint density at radius 1 is 1.28 bits per heavy atom. The highest BCUT2D eigenvalue weighted by molar-refractivity contribution is 5.50. The molecule has 0 saturated carbocycles. The minimum absolute atomic E-state index is 0.301. The van der Waals surface area contributed by atoms with Crippen molar-refractivity contribution in [2.24, 2.45) is 0 Å². The van der Waals surface area contributed by atoms with Crippen LogP contribution in [-0.4, -0.2) is 6.04 Å². The van der Waals surface area contributed by atoms with Crippen LogP contribution in [0.2, 0.25) is 0 Å². The van der Waals surface area contributed by atoms with Crippen LogP contribution in [0.3, 0.4) is 0 Å². The van der Waals surface area contributed by atoms with E-state index in [0.717, 1.165) is 6.42 Å². The largest absolute Gasteiger partial charge is 0.382 e. The van der Waals surface area contributed by atoms with Crippen molar-refractivity contribution in [3.63, 3.8) is 0 Å². The molecule has 0 bridgehead atoms. The van der Waals surface area contributed by atoms with Crippen molar-refractivity contribution in [1.29, 1.82) is 5.26 Å². The highest BCUT2D eigenvalue weighted by Crippen LogP contribution is 2.16. The number of halogens is 1. The number of anilines is 1. The number of hydrogen-bond donors (Lipinski definition) is 1. The van der Waals surface area contributed by atoms with E-state index in [-0.39, 0.29) is 5.82 Å². The molecule has 0 heterocycles. The number of nitrogens with one attached hydrogen (secondary N) is 1. The Hall–Kier alpha value is -1.56. The fraction of sp³-hybridized carbons (Fsp3) is 0.533. The SMILES string of the molecule is CCCCCCC(C)Nc1cc(F)cc(C#N)c1. The lowest BCUT2D eigenvalue weighted by Gasteiger charge is -2.15. The Morgan fingerprint density at radius 2 is 2.06 bits per heavy atom. The van der Waals surface area contributed by atoms with Gasteiger partial charge < -0.3 is 5.32 Å². The molecule has 1 rings (SSSR count). The molecule has 1 N–H and O–H groups in total. The van der Waals surface area contributed by atoms with Crippen molar-refractivity contribution in [3.05, 3.63) is 29.6 Å². The zero-order chi connectivity index (χ0) is 13.4. The monoisotopic (exact) mass is 248 g/mol. The number of nitriles is 1. The average molecular weight is 248 g/mol. The van der Waals surface area contributed by atoms with Gasteiger partial charge in [0.15, 0.2) is 0 Å². The Morgan fingerprint density at radius 3 is 2.72 bits per heavy atom. The van der Waals surface area contributed by atoms with Crippen LogP contribution in [0.15, 0.2) is 18.2 Å². The molecular formula is C15H21FN2. The van der Waals surface area contributed by atoms with Gasteiger partial charge in [0.25, 0.3) is 0 Å². The molecule has 0 amide bonds. The molecule has 0 radical (unpaired) electrons. The molecule has 1 aromatic carbocycles. The third-order valence-corrected chi connectivity index (χ3v) is 2.93. The maximum Gasteiger partial charge on any atom is 0.126 e. The lowest BCUT2D eigenvalue weighted by atomic mass is 10.1. The van der Waals surface area contributed by atoms with E-state index in [1.165, 1.54) is 37.8 Å². The Kier molecular flexibility index (Phi) is 6.21. The predicted molar refractivity (Wildman–Crippen MR) is 73.0 cm³/mol. The van der Waals surface area contributed by atoms with Crippen LogP contribution in [-0.2, 0) is 0 Å². The molecule has 1 atom stereocenters. The van der Waals surface area contributed by atoms with Gasteiger partial charge in [-0.3, -0.25) is 0 Å². The first-order valence-electron chi connectivity index (χ1n) is 6.63. The van der Waals surface area contributed by atoms with E-state index in [2.05, 4.69) is 19.2 Å². The molecule has 1 aromatic rings. The minimum Gasteiger partial charge on any atom is -0.382 e. The van der Waals surface area contributed by atoms with Crippen LogP contribution in [0.1, 0.15) is 51.5 Å². The molecule has 0 aliphatic rings. The van der Waals surface area contributed by atoms with Crippen LogP contribution >= 0.6 is 0 Å². The van der Waals surface area contributed by atoms with Gasteiger partial charge in [0.05, 0.1) is 11.6 Å². The average Bonchev–Trinajstić information content (AvgIpc) is 2.34. The van der Waals surface area contributed by atoms with Crippen molar-refractivity contribution in [3.8, 4) is 6.07 Å². The van der Waals surface area contributed by atoms with Gasteiger partial charge in [-0.15, -0.1) is 0 Å². The van der Waals surface area contributed by atoms with E-state index in [4.69, 9.17) is 5.26 Å². The highest BCUT2D eigenvalue weighted by atomic mass is 19.1. The summed E-state index contributed by atoms with van der Waals surface area (Å²) in [4.78, 5) is 0. The van der Waals surface area contributed by atoms with Crippen molar-refractivity contribution in [1.82, 2.24) is 0 Å². The summed E-state index contributed by atoms with van der Waals surface area (Å²) in [6.07, 6.45) is 6.00. The normalized spacial score (nSPS) is 11.9. The van der Waals surface area contributed by atoms with Gasteiger partial charge in [-0.25, -0.2) is 4.39 Å². The van der Waals surface area contributed by atoms with Crippen LogP contribution in [0, 0.1) is 17.1 Å². The molecule has 0 aromatic heterocycles. The first-order valence-corrected chi connectivity index (χ1v) is 6.63. The molecule has 98 valence electrons. The lowest BCUT2D eigenvalue weighted by Crippen LogP contribution is -2.15. The molecule has 0 aliphatic carbocycles. The van der Waals surface area contributed by atoms with E-state index in [1.807, 2.05) is 6.07 Å². The second kappa shape index (κ2) is 7.71. The molecule has 3 heteroatoms. The molecule has 0 spiro atoms. The summed E-state index contributed by atoms with van der Waals surface area (Å²) in [7, 11) is 0. The second-order valence-corrected chi connectivity index (χ2v) is 4.74. The standard InChI is InChI=1S/C15H21FN2/c1-3-4-5-6-7-12(2)18-15-9-13(11-17)8-14(16)10-15/h8-10,12,18H,3-7H2,1-2H3. The van der Waals surface area contributed by atoms with Crippen molar-refractivity contribution < 1.29 is 4.39 Å². The number of rotatable bonds is 7. The number of nitrogens with zero attached hydrogens (tertiary/aromatic N) is 1. The Labute approximate surface area is 109 Å². The minimum atomic E-state index is -0.366. The molecular weight excluding hydrogens is 227 g/mol. The predicted octanol–water partition coefficient (Wildman–Crippen LogP) is 4.47. The summed E-state index contributed by atoms with van der Waals surface area (Å²) in [5.41, 5.74) is 1.05. The van der Waals surface area contributed by atoms with Gasteiger partial charge >= 0.3 is 0 Å². The zero-order valence-corrected chi connectivity index (χ0v) is 11.2. The summed E-state index contributed by atoms with van der Waals surface area (Å²) in [5.74, 6) is -0.366. The topological polar surface area (TPSA) is 35.8 Å². The zero-order valence-electron chi connectivity index (χ0n) is 11.2. The maximum absolute atomic E-state index is 13.2. The first kappa shape index (κ1) is 14.5. The number of benzene rings is 1. The number of unbranched alkanes of at least 4 members (excludes halogenated alkanes) is 3. The van der Waals surface area contributed by atoms with Crippen LogP contribution < -0.4 is 5.32 Å². The van der Waals surface area contributed by atoms with E-state index >= 15 is 0 Å². The molecule has 0 fully saturated rings. The van der Waals surface area contributed by atoms with Crippen molar-refractivity contribution in [2.75, 3.05) is 5.32 Å². The third kappa shape index (κ3) is 5.18. The van der Waals surface area contributed by atoms with Crippen LogP contribution in [0.5, 0.6) is 0 Å². The fourth-order valence-corrected chi connectivity index (χ4v) is 1.97. The van der Waals surface area contributed by atoms with E-state index in [0.29, 0.717) is 17.3 Å². The van der Waals surface area contributed by atoms with Crippen molar-refractivity contribution >= 4 is 5.69 Å². The van der Waals surface area contributed by atoms with Gasteiger partial charge in [-0.05, 0) is 31.5 Å². The quantitative estimate of drug-likeness (QED) is 0.723. The van der Waals surface area contributed by atoms with Gasteiger partial charge in [-0.2, -0.15) is 5.26 Å². The molecule has 2 nitrogen and oxygen atoms in total. The summed E-state index contributed by atoms with van der Waals surface area (Å²) in [6.45, 7) is 4.28. The summed E-state index contributed by atoms with van der Waals surface area (Å²) < 4.78 is 13.2. The third-order valence-electron chi connectivity index (χ3n) is 2.93. The summed E-state index contributed by atoms with van der Waals surface area (Å²) in [5, 5.41) is 12.0. The molecule has 18 heavy (non-hydrogen) atoms. The van der Waals surface area contributed by atoms with Gasteiger partial charge in [0.1, 0.15) is 5.82 Å². The lowest BCUT2D eigenvalue weighted by molar-refractivity contribution is 0.592. The molecule has 0 aliphatic heterocycles. The van der Waals surface area contributed by atoms with Gasteiger partial charge in [0, 0.05) is 11.7 Å². The smallest absolute Gasteiger partial charge is 0.126 e. The van der Waals surface area contributed by atoms with Gasteiger partial charge in [0.2, 0.25) is 0 Å².